The number of hydrogen-bond acceptors (Lipinski definition) is 4. The summed E-state index contributed by atoms with van der Waals surface area (Å²) >= 11 is 9.69. The van der Waals surface area contributed by atoms with Gasteiger partial charge >= 0.3 is 0 Å². The maximum atomic E-state index is 6.15. The molecule has 1 aromatic heterocycles. The molecule has 3 N–H and O–H groups in total. The summed E-state index contributed by atoms with van der Waals surface area (Å²) < 4.78 is 7.88. The number of hydrazine groups is 1. The van der Waals surface area contributed by atoms with E-state index in [9.17, 15) is 0 Å². The summed E-state index contributed by atoms with van der Waals surface area (Å²) in [4.78, 5) is 0. The van der Waals surface area contributed by atoms with Crippen LogP contribution in [0.15, 0.2) is 28.9 Å². The third-order valence-corrected chi connectivity index (χ3v) is 4.01. The average Bonchev–Trinajstić information content (AvgIpc) is 2.78. The first-order valence-electron chi connectivity index (χ1n) is 6.50. The number of rotatable bonds is 6. The topological polar surface area (TPSA) is 65.1 Å². The lowest BCUT2D eigenvalue weighted by Crippen LogP contribution is -2.31. The minimum atomic E-state index is -0.212. The van der Waals surface area contributed by atoms with Crippen LogP contribution in [0.3, 0.4) is 0 Å². The lowest BCUT2D eigenvalue weighted by Gasteiger charge is -2.20. The van der Waals surface area contributed by atoms with Crippen molar-refractivity contribution in [1.82, 2.24) is 15.2 Å². The fraction of sp³-hybridized carbons (Fsp3) is 0.357. The van der Waals surface area contributed by atoms with Gasteiger partial charge in [0.1, 0.15) is 0 Å². The van der Waals surface area contributed by atoms with Gasteiger partial charge in [0.25, 0.3) is 0 Å². The molecule has 1 aromatic carbocycles. The first-order valence-corrected chi connectivity index (χ1v) is 7.67. The fourth-order valence-corrected chi connectivity index (χ4v) is 3.10. The van der Waals surface area contributed by atoms with Gasteiger partial charge in [-0.15, -0.1) is 0 Å². The monoisotopic (exact) mass is 372 g/mol. The van der Waals surface area contributed by atoms with Gasteiger partial charge in [-0.2, -0.15) is 5.10 Å². The number of aromatic nitrogens is 2. The molecule has 7 heteroatoms. The number of nitrogens with one attached hydrogen (secondary N) is 1. The van der Waals surface area contributed by atoms with Crippen molar-refractivity contribution in [2.45, 2.75) is 19.5 Å². The molecule has 0 saturated heterocycles. The summed E-state index contributed by atoms with van der Waals surface area (Å²) in [6, 6.07) is 5.65. The van der Waals surface area contributed by atoms with E-state index in [0.717, 1.165) is 21.3 Å². The van der Waals surface area contributed by atoms with Crippen LogP contribution < -0.4 is 11.3 Å². The molecule has 0 aliphatic heterocycles. The van der Waals surface area contributed by atoms with Crippen LogP contribution in [0, 0.1) is 6.92 Å². The third-order valence-electron chi connectivity index (χ3n) is 3.18. The van der Waals surface area contributed by atoms with Crippen LogP contribution in [-0.4, -0.2) is 23.5 Å². The van der Waals surface area contributed by atoms with Crippen LogP contribution in [0.2, 0.25) is 5.02 Å². The second-order valence-electron chi connectivity index (χ2n) is 4.76. The summed E-state index contributed by atoms with van der Waals surface area (Å²) in [6.45, 7) is 3.22. The van der Waals surface area contributed by atoms with E-state index < -0.39 is 0 Å². The predicted molar refractivity (Wildman–Crippen MR) is 87.2 cm³/mol. The fourth-order valence-electron chi connectivity index (χ4n) is 2.28. The molecule has 0 amide bonds. The second kappa shape index (κ2) is 7.38. The van der Waals surface area contributed by atoms with Gasteiger partial charge in [0.05, 0.1) is 35.6 Å². The number of nitrogens with zero attached hydrogens (tertiary/aromatic N) is 2. The van der Waals surface area contributed by atoms with E-state index in [2.05, 4.69) is 32.5 Å². The molecule has 0 aliphatic carbocycles. The standard InChI is InChI=1S/C14H18BrClN4O/c1-9-5-10(7-11(16)6-9)13(19-17)14-12(15)8-18-20(14)3-4-21-2/h5-8,13,19H,3-4,17H2,1-2H3. The van der Waals surface area contributed by atoms with E-state index in [4.69, 9.17) is 22.2 Å². The normalized spacial score (nSPS) is 12.6. The van der Waals surface area contributed by atoms with Gasteiger partial charge in [0, 0.05) is 12.1 Å². The number of benzene rings is 1. The van der Waals surface area contributed by atoms with Crippen molar-refractivity contribution in [3.05, 3.63) is 50.7 Å². The zero-order chi connectivity index (χ0) is 15.4. The lowest BCUT2D eigenvalue weighted by molar-refractivity contribution is 0.182. The molecule has 0 spiro atoms. The van der Waals surface area contributed by atoms with Crippen molar-refractivity contribution in [3.8, 4) is 0 Å². The van der Waals surface area contributed by atoms with Gasteiger partial charge in [-0.3, -0.25) is 10.5 Å². The quantitative estimate of drug-likeness (QED) is 0.604. The number of hydrogen-bond donors (Lipinski definition) is 2. The average molecular weight is 374 g/mol. The van der Waals surface area contributed by atoms with E-state index in [1.165, 1.54) is 0 Å². The van der Waals surface area contributed by atoms with Gasteiger partial charge in [-0.25, -0.2) is 5.43 Å². The Morgan fingerprint density at radius 1 is 1.48 bits per heavy atom. The largest absolute Gasteiger partial charge is 0.383 e. The summed E-state index contributed by atoms with van der Waals surface area (Å²) in [7, 11) is 1.66. The Kier molecular flexibility index (Phi) is 5.78. The summed E-state index contributed by atoms with van der Waals surface area (Å²) in [5.41, 5.74) is 5.85. The molecule has 21 heavy (non-hydrogen) atoms. The zero-order valence-electron chi connectivity index (χ0n) is 11.9. The molecule has 0 fully saturated rings. The summed E-state index contributed by atoms with van der Waals surface area (Å²) in [5, 5.41) is 5.04. The number of ether oxygens (including phenoxy) is 1. The minimum absolute atomic E-state index is 0.212. The first kappa shape index (κ1) is 16.5. The predicted octanol–water partition coefficient (Wildman–Crippen LogP) is 2.81. The molecule has 5 nitrogen and oxygen atoms in total. The highest BCUT2D eigenvalue weighted by Crippen LogP contribution is 2.30. The Morgan fingerprint density at radius 2 is 2.24 bits per heavy atom. The molecule has 0 bridgehead atoms. The molecule has 2 rings (SSSR count). The summed E-state index contributed by atoms with van der Waals surface area (Å²) in [5.74, 6) is 5.78. The molecule has 0 radical (unpaired) electrons. The van der Waals surface area contributed by atoms with Crippen molar-refractivity contribution in [3.63, 3.8) is 0 Å². The molecular weight excluding hydrogens is 356 g/mol. The van der Waals surface area contributed by atoms with Crippen LogP contribution in [0.1, 0.15) is 22.9 Å². The van der Waals surface area contributed by atoms with Crippen molar-refractivity contribution >= 4 is 27.5 Å². The van der Waals surface area contributed by atoms with Gasteiger partial charge in [-0.1, -0.05) is 17.7 Å². The van der Waals surface area contributed by atoms with Crippen molar-refractivity contribution in [2.24, 2.45) is 5.84 Å². The second-order valence-corrected chi connectivity index (χ2v) is 6.05. The highest BCUT2D eigenvalue weighted by Gasteiger charge is 2.21. The van der Waals surface area contributed by atoms with Crippen LogP contribution in [0.4, 0.5) is 0 Å². The van der Waals surface area contributed by atoms with E-state index >= 15 is 0 Å². The smallest absolute Gasteiger partial charge is 0.0890 e. The molecular formula is C14H18BrClN4O. The van der Waals surface area contributed by atoms with E-state index in [1.807, 2.05) is 23.7 Å². The Labute approximate surface area is 137 Å². The van der Waals surface area contributed by atoms with Crippen molar-refractivity contribution < 1.29 is 4.74 Å². The SMILES string of the molecule is COCCn1ncc(Br)c1C(NN)c1cc(C)cc(Cl)c1. The van der Waals surface area contributed by atoms with E-state index in [1.54, 1.807) is 13.3 Å². The van der Waals surface area contributed by atoms with E-state index in [0.29, 0.717) is 18.2 Å². The van der Waals surface area contributed by atoms with Gasteiger partial charge in [0.2, 0.25) is 0 Å². The van der Waals surface area contributed by atoms with Gasteiger partial charge in [0.15, 0.2) is 0 Å². The maximum Gasteiger partial charge on any atom is 0.0890 e. The highest BCUT2D eigenvalue weighted by molar-refractivity contribution is 9.10. The number of aryl methyl sites for hydroxylation is 1. The minimum Gasteiger partial charge on any atom is -0.383 e. The molecule has 0 saturated carbocycles. The Hall–Kier alpha value is -0.920. The molecule has 0 aliphatic rings. The van der Waals surface area contributed by atoms with Crippen LogP contribution >= 0.6 is 27.5 Å². The molecule has 114 valence electrons. The first-order chi connectivity index (χ1) is 10.1. The van der Waals surface area contributed by atoms with E-state index in [-0.39, 0.29) is 6.04 Å². The van der Waals surface area contributed by atoms with Crippen LogP contribution in [0.25, 0.3) is 0 Å². The molecule has 2 aromatic rings. The highest BCUT2D eigenvalue weighted by atomic mass is 79.9. The van der Waals surface area contributed by atoms with Crippen molar-refractivity contribution in [2.75, 3.05) is 13.7 Å². The third kappa shape index (κ3) is 3.84. The Bertz CT molecular complexity index is 597. The Balaban J connectivity index is 2.43. The van der Waals surface area contributed by atoms with Crippen LogP contribution in [0.5, 0.6) is 0 Å². The summed E-state index contributed by atoms with van der Waals surface area (Å²) in [6.07, 6.45) is 1.76. The van der Waals surface area contributed by atoms with Crippen LogP contribution in [-0.2, 0) is 11.3 Å². The number of halogens is 2. The molecule has 1 unspecified atom stereocenters. The molecule has 1 atom stereocenters. The lowest BCUT2D eigenvalue weighted by atomic mass is 10.0. The Morgan fingerprint density at radius 3 is 2.86 bits per heavy atom. The number of methoxy groups -OCH3 is 1. The zero-order valence-corrected chi connectivity index (χ0v) is 14.3. The van der Waals surface area contributed by atoms with Gasteiger partial charge in [-0.05, 0) is 46.1 Å². The molecule has 1 heterocycles. The number of nitrogens with two attached hydrogens (primary N) is 1. The maximum absolute atomic E-state index is 6.15. The van der Waals surface area contributed by atoms with Crippen molar-refractivity contribution in [1.29, 1.82) is 0 Å². The van der Waals surface area contributed by atoms with Gasteiger partial charge < -0.3 is 4.74 Å².